The Balaban J connectivity index is 1.75. The smallest absolute Gasteiger partial charge is 0.297 e. The van der Waals surface area contributed by atoms with Crippen LogP contribution in [-0.4, -0.2) is 14.8 Å². The molecule has 3 aromatic rings. The minimum absolute atomic E-state index is 0.202. The van der Waals surface area contributed by atoms with Gasteiger partial charge >= 0.3 is 0 Å². The summed E-state index contributed by atoms with van der Waals surface area (Å²) in [5.41, 5.74) is 1.71. The van der Waals surface area contributed by atoms with E-state index in [4.69, 9.17) is 0 Å². The van der Waals surface area contributed by atoms with Gasteiger partial charge in [0.2, 0.25) is 5.82 Å². The van der Waals surface area contributed by atoms with Gasteiger partial charge in [-0.2, -0.15) is 0 Å². The Morgan fingerprint density at radius 2 is 1.84 bits per heavy atom. The second kappa shape index (κ2) is 8.16. The van der Waals surface area contributed by atoms with Gasteiger partial charge in [0, 0.05) is 27.4 Å². The zero-order chi connectivity index (χ0) is 17.8. The van der Waals surface area contributed by atoms with Gasteiger partial charge in [-0.3, -0.25) is 9.36 Å². The Morgan fingerprint density at radius 1 is 1.08 bits per heavy atom. The average molecular weight is 482 g/mol. The van der Waals surface area contributed by atoms with E-state index in [9.17, 15) is 4.79 Å². The molecule has 128 valence electrons. The fraction of sp³-hybridized carbons (Fsp3) is 0.118. The number of hydrogen-bond acceptors (Lipinski definition) is 5. The van der Waals surface area contributed by atoms with Crippen molar-refractivity contribution in [3.8, 4) is 0 Å². The van der Waals surface area contributed by atoms with Crippen LogP contribution < -0.4 is 10.9 Å². The van der Waals surface area contributed by atoms with E-state index < -0.39 is 0 Å². The second-order valence-corrected chi connectivity index (χ2v) is 8.02. The van der Waals surface area contributed by atoms with E-state index in [2.05, 4.69) is 47.4 Å². The van der Waals surface area contributed by atoms with Gasteiger partial charge in [0.15, 0.2) is 5.16 Å². The van der Waals surface area contributed by atoms with Crippen molar-refractivity contribution in [3.63, 3.8) is 0 Å². The molecule has 0 bridgehead atoms. The number of aromatic nitrogens is 3. The maximum absolute atomic E-state index is 12.5. The summed E-state index contributed by atoms with van der Waals surface area (Å²) in [6.45, 7) is 0. The number of benzene rings is 2. The number of hydrogen-bond donors (Lipinski definition) is 1. The lowest BCUT2D eigenvalue weighted by molar-refractivity contribution is 0.666. The highest BCUT2D eigenvalue weighted by atomic mass is 79.9. The Bertz CT molecular complexity index is 944. The SMILES string of the molecule is Cn1c(SCc2ccc(Br)cc2)nnc(Nc2cccc(Br)c2)c1=O. The van der Waals surface area contributed by atoms with Gasteiger partial charge in [-0.15, -0.1) is 10.2 Å². The summed E-state index contributed by atoms with van der Waals surface area (Å²) in [4.78, 5) is 12.5. The minimum Gasteiger partial charge on any atom is -0.334 e. The van der Waals surface area contributed by atoms with Crippen LogP contribution in [0.5, 0.6) is 0 Å². The first-order chi connectivity index (χ1) is 12.0. The summed E-state index contributed by atoms with van der Waals surface area (Å²) in [5, 5.41) is 11.8. The molecule has 0 aliphatic carbocycles. The van der Waals surface area contributed by atoms with Crippen molar-refractivity contribution in [2.45, 2.75) is 10.9 Å². The van der Waals surface area contributed by atoms with E-state index in [-0.39, 0.29) is 11.4 Å². The summed E-state index contributed by atoms with van der Waals surface area (Å²) in [6, 6.07) is 15.6. The first kappa shape index (κ1) is 18.2. The second-order valence-electron chi connectivity index (χ2n) is 5.25. The van der Waals surface area contributed by atoms with Crippen LogP contribution in [-0.2, 0) is 12.8 Å². The number of rotatable bonds is 5. The van der Waals surface area contributed by atoms with E-state index in [0.717, 1.165) is 20.2 Å². The Morgan fingerprint density at radius 3 is 2.56 bits per heavy atom. The van der Waals surface area contributed by atoms with Gasteiger partial charge in [0.25, 0.3) is 5.56 Å². The molecular weight excluding hydrogens is 468 g/mol. The van der Waals surface area contributed by atoms with E-state index in [1.165, 1.54) is 16.3 Å². The van der Waals surface area contributed by atoms with Gasteiger partial charge in [0.05, 0.1) is 0 Å². The molecule has 0 saturated heterocycles. The standard InChI is InChI=1S/C17H14Br2N4OS/c1-23-16(24)15(20-14-4-2-3-13(19)9-14)21-22-17(23)25-10-11-5-7-12(18)8-6-11/h2-9H,10H2,1H3,(H,20,21). The van der Waals surface area contributed by atoms with E-state index >= 15 is 0 Å². The molecule has 0 fully saturated rings. The van der Waals surface area contributed by atoms with Crippen LogP contribution in [0.2, 0.25) is 0 Å². The third-order valence-corrected chi connectivity index (χ3v) is 5.51. The molecule has 3 rings (SSSR count). The monoisotopic (exact) mass is 480 g/mol. The number of halogens is 2. The van der Waals surface area contributed by atoms with Gasteiger partial charge in [0.1, 0.15) is 0 Å². The molecule has 25 heavy (non-hydrogen) atoms. The molecule has 5 nitrogen and oxygen atoms in total. The molecule has 1 heterocycles. The molecular formula is C17H14Br2N4OS. The summed E-state index contributed by atoms with van der Waals surface area (Å²) in [7, 11) is 1.70. The van der Waals surface area contributed by atoms with Crippen molar-refractivity contribution >= 4 is 55.1 Å². The Labute approximate surface area is 166 Å². The average Bonchev–Trinajstić information content (AvgIpc) is 2.60. The Hall–Kier alpha value is -1.64. The van der Waals surface area contributed by atoms with Crippen molar-refractivity contribution < 1.29 is 0 Å². The van der Waals surface area contributed by atoms with Crippen molar-refractivity contribution in [2.75, 3.05) is 5.32 Å². The van der Waals surface area contributed by atoms with Crippen molar-refractivity contribution in [1.82, 2.24) is 14.8 Å². The highest BCUT2D eigenvalue weighted by molar-refractivity contribution is 9.10. The molecule has 0 amide bonds. The first-order valence-electron chi connectivity index (χ1n) is 7.36. The van der Waals surface area contributed by atoms with E-state index in [1.807, 2.05) is 48.5 Å². The van der Waals surface area contributed by atoms with Crippen LogP contribution >= 0.6 is 43.6 Å². The molecule has 0 unspecified atom stereocenters. The van der Waals surface area contributed by atoms with Crippen LogP contribution in [0.25, 0.3) is 0 Å². The minimum atomic E-state index is -0.215. The van der Waals surface area contributed by atoms with Crippen LogP contribution in [0.15, 0.2) is 67.4 Å². The molecule has 8 heteroatoms. The lowest BCUT2D eigenvalue weighted by atomic mass is 10.2. The van der Waals surface area contributed by atoms with E-state index in [1.54, 1.807) is 7.05 Å². The number of nitrogens with zero attached hydrogens (tertiary/aromatic N) is 3. The molecule has 0 atom stereocenters. The van der Waals surface area contributed by atoms with E-state index in [0.29, 0.717) is 10.9 Å². The van der Waals surface area contributed by atoms with Gasteiger partial charge in [-0.25, -0.2) is 0 Å². The van der Waals surface area contributed by atoms with Gasteiger partial charge in [-0.05, 0) is 35.9 Å². The topological polar surface area (TPSA) is 59.8 Å². The van der Waals surface area contributed by atoms with Crippen molar-refractivity contribution in [2.24, 2.45) is 7.05 Å². The highest BCUT2D eigenvalue weighted by Gasteiger charge is 2.10. The van der Waals surface area contributed by atoms with Crippen molar-refractivity contribution in [3.05, 3.63) is 73.4 Å². The lowest BCUT2D eigenvalue weighted by Crippen LogP contribution is -2.24. The lowest BCUT2D eigenvalue weighted by Gasteiger charge is -2.09. The first-order valence-corrected chi connectivity index (χ1v) is 9.93. The largest absolute Gasteiger partial charge is 0.334 e. The fourth-order valence-electron chi connectivity index (χ4n) is 2.08. The zero-order valence-electron chi connectivity index (χ0n) is 13.2. The summed E-state index contributed by atoms with van der Waals surface area (Å²) in [6.07, 6.45) is 0. The number of anilines is 2. The quantitative estimate of drug-likeness (QED) is 0.533. The summed E-state index contributed by atoms with van der Waals surface area (Å²) >= 11 is 8.30. The van der Waals surface area contributed by atoms with Crippen LogP contribution in [0, 0.1) is 0 Å². The molecule has 0 aliphatic rings. The maximum atomic E-state index is 12.5. The zero-order valence-corrected chi connectivity index (χ0v) is 17.2. The number of nitrogens with one attached hydrogen (secondary N) is 1. The predicted molar refractivity (Wildman–Crippen MR) is 108 cm³/mol. The van der Waals surface area contributed by atoms with Gasteiger partial charge in [-0.1, -0.05) is 61.8 Å². The summed E-state index contributed by atoms with van der Waals surface area (Å²) in [5.74, 6) is 0.918. The van der Waals surface area contributed by atoms with Crippen LogP contribution in [0.4, 0.5) is 11.5 Å². The Kier molecular flexibility index (Phi) is 5.93. The predicted octanol–water partition coefficient (Wildman–Crippen LogP) is 4.74. The third-order valence-electron chi connectivity index (χ3n) is 3.40. The molecule has 0 saturated carbocycles. The molecule has 0 spiro atoms. The molecule has 1 aromatic heterocycles. The normalized spacial score (nSPS) is 10.7. The molecule has 0 aliphatic heterocycles. The van der Waals surface area contributed by atoms with Crippen LogP contribution in [0.1, 0.15) is 5.56 Å². The third kappa shape index (κ3) is 4.71. The summed E-state index contributed by atoms with van der Waals surface area (Å²) < 4.78 is 3.47. The molecule has 0 radical (unpaired) electrons. The van der Waals surface area contributed by atoms with Gasteiger partial charge < -0.3 is 5.32 Å². The highest BCUT2D eigenvalue weighted by Crippen LogP contribution is 2.22. The van der Waals surface area contributed by atoms with Crippen molar-refractivity contribution in [1.29, 1.82) is 0 Å². The molecule has 1 N–H and O–H groups in total. The molecule has 2 aromatic carbocycles. The maximum Gasteiger partial charge on any atom is 0.297 e. The number of thioether (sulfide) groups is 1. The van der Waals surface area contributed by atoms with Crippen LogP contribution in [0.3, 0.4) is 0 Å². The fourth-order valence-corrected chi connectivity index (χ4v) is 3.61.